The Bertz CT molecular complexity index is 332. The quantitative estimate of drug-likeness (QED) is 0.221. The van der Waals surface area contributed by atoms with E-state index in [9.17, 15) is 4.79 Å². The lowest BCUT2D eigenvalue weighted by atomic mass is 9.97. The van der Waals surface area contributed by atoms with E-state index >= 15 is 0 Å². The third kappa shape index (κ3) is 7.62. The highest BCUT2D eigenvalue weighted by molar-refractivity contribution is 14.0. The van der Waals surface area contributed by atoms with E-state index in [2.05, 4.69) is 22.1 Å². The highest BCUT2D eigenvalue weighted by Gasteiger charge is 2.26. The van der Waals surface area contributed by atoms with Gasteiger partial charge in [0, 0.05) is 33.3 Å². The number of hydrogen-bond acceptors (Lipinski definition) is 4. The van der Waals surface area contributed by atoms with Crippen LogP contribution in [0, 0.1) is 5.92 Å². The number of halogens is 1. The van der Waals surface area contributed by atoms with Crippen LogP contribution in [-0.4, -0.2) is 63.8 Å². The van der Waals surface area contributed by atoms with Gasteiger partial charge in [-0.1, -0.05) is 13.3 Å². The molecular weight excluding hydrogens is 397 g/mol. The molecule has 1 aliphatic rings. The number of unbranched alkanes of at least 4 members (excludes halogenated alkanes) is 1. The second-order valence-electron chi connectivity index (χ2n) is 5.22. The number of piperidine rings is 1. The van der Waals surface area contributed by atoms with E-state index in [1.54, 1.807) is 7.05 Å². The topological polar surface area (TPSA) is 63.2 Å². The summed E-state index contributed by atoms with van der Waals surface area (Å²) in [5.41, 5.74) is 0. The molecule has 0 radical (unpaired) electrons. The molecule has 130 valence electrons. The summed E-state index contributed by atoms with van der Waals surface area (Å²) in [5.74, 6) is 0.820. The molecule has 0 atom stereocenters. The van der Waals surface area contributed by atoms with Crippen LogP contribution in [-0.2, 0) is 14.3 Å². The highest BCUT2D eigenvalue weighted by atomic mass is 127. The van der Waals surface area contributed by atoms with Crippen LogP contribution in [0.25, 0.3) is 0 Å². The minimum Gasteiger partial charge on any atom is -0.469 e. The molecule has 0 aromatic rings. The molecule has 7 heteroatoms. The first-order chi connectivity index (χ1) is 10.2. The summed E-state index contributed by atoms with van der Waals surface area (Å²) in [6.45, 7) is 6.08. The number of aliphatic imine (C=N–C) groups is 1. The molecule has 0 amide bonds. The van der Waals surface area contributed by atoms with Crippen LogP contribution >= 0.6 is 24.0 Å². The second-order valence-corrected chi connectivity index (χ2v) is 5.22. The van der Waals surface area contributed by atoms with Crippen molar-refractivity contribution in [3.05, 3.63) is 0 Å². The lowest BCUT2D eigenvalue weighted by molar-refractivity contribution is -0.146. The van der Waals surface area contributed by atoms with Gasteiger partial charge in [0.2, 0.25) is 0 Å². The summed E-state index contributed by atoms with van der Waals surface area (Å²) in [5, 5.41) is 3.31. The molecule has 0 aliphatic carbocycles. The maximum Gasteiger partial charge on any atom is 0.308 e. The standard InChI is InChI=1S/C15H29N3O3.HI/c1-4-5-11-21-12-8-17-15(16-2)18-9-6-13(7-10-18)14(19)20-3;/h13H,4-12H2,1-3H3,(H,16,17);1H. The third-order valence-corrected chi connectivity index (χ3v) is 3.71. The van der Waals surface area contributed by atoms with Crippen LogP contribution in [0.4, 0.5) is 0 Å². The molecular formula is C15H30IN3O3. The number of rotatable bonds is 7. The Morgan fingerprint density at radius 2 is 2.00 bits per heavy atom. The Kier molecular flexibility index (Phi) is 12.6. The van der Waals surface area contributed by atoms with Gasteiger partial charge in [0.15, 0.2) is 5.96 Å². The molecule has 1 heterocycles. The Hall–Kier alpha value is -0.570. The van der Waals surface area contributed by atoms with Crippen LogP contribution in [0.1, 0.15) is 32.6 Å². The van der Waals surface area contributed by atoms with E-state index in [0.29, 0.717) is 6.61 Å². The first kappa shape index (κ1) is 21.4. The van der Waals surface area contributed by atoms with Gasteiger partial charge in [-0.15, -0.1) is 24.0 Å². The number of likely N-dealkylation sites (tertiary alicyclic amines) is 1. The van der Waals surface area contributed by atoms with Gasteiger partial charge in [0.05, 0.1) is 19.6 Å². The second kappa shape index (κ2) is 12.9. The first-order valence-electron chi connectivity index (χ1n) is 7.84. The number of methoxy groups -OCH3 is 1. The van der Waals surface area contributed by atoms with Gasteiger partial charge in [-0.3, -0.25) is 9.79 Å². The average Bonchev–Trinajstić information content (AvgIpc) is 2.54. The number of ether oxygens (including phenoxy) is 2. The fourth-order valence-electron chi connectivity index (χ4n) is 2.41. The smallest absolute Gasteiger partial charge is 0.308 e. The first-order valence-corrected chi connectivity index (χ1v) is 7.84. The van der Waals surface area contributed by atoms with Crippen LogP contribution in [0.15, 0.2) is 4.99 Å². The Morgan fingerprint density at radius 1 is 1.32 bits per heavy atom. The van der Waals surface area contributed by atoms with Crippen LogP contribution in [0.3, 0.4) is 0 Å². The van der Waals surface area contributed by atoms with E-state index in [4.69, 9.17) is 9.47 Å². The molecule has 0 aromatic heterocycles. The Balaban J connectivity index is 0.00000441. The zero-order valence-corrected chi connectivity index (χ0v) is 16.3. The summed E-state index contributed by atoms with van der Waals surface area (Å²) < 4.78 is 10.3. The van der Waals surface area contributed by atoms with Gasteiger partial charge in [-0.25, -0.2) is 0 Å². The van der Waals surface area contributed by atoms with E-state index in [1.165, 1.54) is 7.11 Å². The van der Waals surface area contributed by atoms with Gasteiger partial charge in [0.1, 0.15) is 0 Å². The van der Waals surface area contributed by atoms with Crippen molar-refractivity contribution < 1.29 is 14.3 Å². The highest BCUT2D eigenvalue weighted by Crippen LogP contribution is 2.18. The van der Waals surface area contributed by atoms with Crippen molar-refractivity contribution in [2.24, 2.45) is 10.9 Å². The summed E-state index contributed by atoms with van der Waals surface area (Å²) in [4.78, 5) is 18.0. The summed E-state index contributed by atoms with van der Waals surface area (Å²) >= 11 is 0. The average molecular weight is 427 g/mol. The van der Waals surface area contributed by atoms with Crippen LogP contribution in [0.2, 0.25) is 0 Å². The van der Waals surface area contributed by atoms with E-state index < -0.39 is 0 Å². The fourth-order valence-corrected chi connectivity index (χ4v) is 2.41. The van der Waals surface area contributed by atoms with Crippen molar-refractivity contribution in [3.63, 3.8) is 0 Å². The molecule has 22 heavy (non-hydrogen) atoms. The largest absolute Gasteiger partial charge is 0.469 e. The van der Waals surface area contributed by atoms with Crippen LogP contribution < -0.4 is 5.32 Å². The predicted molar refractivity (Wildman–Crippen MR) is 98.8 cm³/mol. The zero-order valence-electron chi connectivity index (χ0n) is 14.0. The fraction of sp³-hybridized carbons (Fsp3) is 0.867. The molecule has 0 saturated carbocycles. The minimum atomic E-state index is -0.0954. The number of esters is 1. The van der Waals surface area contributed by atoms with Gasteiger partial charge >= 0.3 is 5.97 Å². The van der Waals surface area contributed by atoms with Crippen molar-refractivity contribution in [1.29, 1.82) is 0 Å². The van der Waals surface area contributed by atoms with E-state index in [1.807, 2.05) is 0 Å². The zero-order chi connectivity index (χ0) is 15.5. The monoisotopic (exact) mass is 427 g/mol. The summed E-state index contributed by atoms with van der Waals surface area (Å²) in [6.07, 6.45) is 3.90. The number of hydrogen-bond donors (Lipinski definition) is 1. The number of carbonyl (C=O) groups excluding carboxylic acids is 1. The maximum absolute atomic E-state index is 11.5. The summed E-state index contributed by atoms with van der Waals surface area (Å²) in [7, 11) is 3.24. The third-order valence-electron chi connectivity index (χ3n) is 3.71. The van der Waals surface area contributed by atoms with Gasteiger partial charge in [-0.05, 0) is 19.3 Å². The Labute approximate surface area is 151 Å². The van der Waals surface area contributed by atoms with Crippen molar-refractivity contribution >= 4 is 35.9 Å². The lowest BCUT2D eigenvalue weighted by Gasteiger charge is -2.33. The minimum absolute atomic E-state index is 0. The molecule has 1 fully saturated rings. The number of nitrogens with zero attached hydrogens (tertiary/aromatic N) is 2. The molecule has 6 nitrogen and oxygen atoms in total. The maximum atomic E-state index is 11.5. The van der Waals surface area contributed by atoms with Crippen molar-refractivity contribution in [2.45, 2.75) is 32.6 Å². The number of nitrogens with one attached hydrogen (secondary N) is 1. The van der Waals surface area contributed by atoms with Crippen molar-refractivity contribution in [3.8, 4) is 0 Å². The molecule has 1 N–H and O–H groups in total. The van der Waals surface area contributed by atoms with E-state index in [-0.39, 0.29) is 35.9 Å². The van der Waals surface area contributed by atoms with Crippen LogP contribution in [0.5, 0.6) is 0 Å². The van der Waals surface area contributed by atoms with Gasteiger partial charge in [0.25, 0.3) is 0 Å². The Morgan fingerprint density at radius 3 is 2.55 bits per heavy atom. The number of guanidine groups is 1. The number of carbonyl (C=O) groups is 1. The molecule has 0 spiro atoms. The molecule has 1 aliphatic heterocycles. The molecule has 0 bridgehead atoms. The molecule has 0 aromatic carbocycles. The summed E-state index contributed by atoms with van der Waals surface area (Å²) in [6, 6.07) is 0. The normalized spacial score (nSPS) is 16.1. The molecule has 0 unspecified atom stereocenters. The van der Waals surface area contributed by atoms with E-state index in [0.717, 1.165) is 57.9 Å². The van der Waals surface area contributed by atoms with Gasteiger partial charge in [-0.2, -0.15) is 0 Å². The predicted octanol–water partition coefficient (Wildman–Crippen LogP) is 1.88. The van der Waals surface area contributed by atoms with Crippen molar-refractivity contribution in [2.75, 3.05) is 47.0 Å². The SMILES string of the molecule is CCCCOCCNC(=NC)N1CCC(C(=O)OC)CC1.I. The van der Waals surface area contributed by atoms with Gasteiger partial charge < -0.3 is 19.7 Å². The molecule has 1 rings (SSSR count). The lowest BCUT2D eigenvalue weighted by Crippen LogP contribution is -2.47. The molecule has 1 saturated heterocycles. The van der Waals surface area contributed by atoms with Crippen molar-refractivity contribution in [1.82, 2.24) is 10.2 Å².